The maximum absolute atomic E-state index is 12.8. The first-order chi connectivity index (χ1) is 11.5. The van der Waals surface area contributed by atoms with E-state index in [1.807, 2.05) is 30.9 Å². The van der Waals surface area contributed by atoms with Crippen molar-refractivity contribution in [2.75, 3.05) is 26.9 Å². The van der Waals surface area contributed by atoms with Crippen LogP contribution in [-0.4, -0.2) is 48.3 Å². The Morgan fingerprint density at radius 2 is 2.25 bits per heavy atom. The lowest BCUT2D eigenvalue weighted by Gasteiger charge is -2.47. The van der Waals surface area contributed by atoms with Gasteiger partial charge in [0, 0.05) is 18.8 Å². The SMILES string of the molecule is CCCCCNC(=O)N1C(c2ccc(OC)nc2)COCC1(C)C. The average molecular weight is 335 g/mol. The Morgan fingerprint density at radius 3 is 2.88 bits per heavy atom. The Kier molecular flexibility index (Phi) is 6.43. The summed E-state index contributed by atoms with van der Waals surface area (Å²) in [5, 5.41) is 3.05. The summed E-state index contributed by atoms with van der Waals surface area (Å²) in [4.78, 5) is 19.0. The molecule has 1 aromatic heterocycles. The van der Waals surface area contributed by atoms with Gasteiger partial charge in [-0.15, -0.1) is 0 Å². The number of carbonyl (C=O) groups is 1. The second kappa shape index (κ2) is 8.33. The number of ether oxygens (including phenoxy) is 2. The molecule has 2 amide bonds. The zero-order valence-corrected chi connectivity index (χ0v) is 15.2. The van der Waals surface area contributed by atoms with Crippen LogP contribution in [0.5, 0.6) is 5.88 Å². The summed E-state index contributed by atoms with van der Waals surface area (Å²) < 4.78 is 10.9. The second-order valence-electron chi connectivity index (χ2n) is 6.79. The minimum Gasteiger partial charge on any atom is -0.481 e. The maximum atomic E-state index is 12.8. The molecule has 0 aliphatic carbocycles. The number of unbranched alkanes of at least 4 members (excludes halogenated alkanes) is 2. The van der Waals surface area contributed by atoms with Crippen LogP contribution < -0.4 is 10.1 Å². The van der Waals surface area contributed by atoms with E-state index in [1.165, 1.54) is 0 Å². The highest BCUT2D eigenvalue weighted by Gasteiger charge is 2.41. The van der Waals surface area contributed by atoms with Gasteiger partial charge in [0.25, 0.3) is 0 Å². The number of nitrogens with zero attached hydrogens (tertiary/aromatic N) is 2. The van der Waals surface area contributed by atoms with Crippen molar-refractivity contribution < 1.29 is 14.3 Å². The number of rotatable bonds is 6. The Morgan fingerprint density at radius 1 is 1.46 bits per heavy atom. The van der Waals surface area contributed by atoms with E-state index in [2.05, 4.69) is 17.2 Å². The van der Waals surface area contributed by atoms with Crippen LogP contribution in [0.2, 0.25) is 0 Å². The summed E-state index contributed by atoms with van der Waals surface area (Å²) in [6.45, 7) is 7.91. The number of nitrogens with one attached hydrogen (secondary N) is 1. The number of amides is 2. The molecule has 0 spiro atoms. The predicted octanol–water partition coefficient (Wildman–Crippen LogP) is 3.14. The fraction of sp³-hybridized carbons (Fsp3) is 0.667. The van der Waals surface area contributed by atoms with Crippen molar-refractivity contribution >= 4 is 6.03 Å². The molecule has 0 bridgehead atoms. The van der Waals surface area contributed by atoms with E-state index in [-0.39, 0.29) is 17.6 Å². The number of hydrogen-bond acceptors (Lipinski definition) is 4. The van der Waals surface area contributed by atoms with Crippen LogP contribution in [0.15, 0.2) is 18.3 Å². The lowest BCUT2D eigenvalue weighted by Crippen LogP contribution is -2.59. The van der Waals surface area contributed by atoms with Gasteiger partial charge in [0.15, 0.2) is 0 Å². The number of aromatic nitrogens is 1. The van der Waals surface area contributed by atoms with E-state index in [1.54, 1.807) is 13.3 Å². The topological polar surface area (TPSA) is 63.7 Å². The van der Waals surface area contributed by atoms with Gasteiger partial charge in [-0.25, -0.2) is 9.78 Å². The maximum Gasteiger partial charge on any atom is 0.318 e. The molecule has 2 rings (SSSR count). The molecule has 0 aromatic carbocycles. The van der Waals surface area contributed by atoms with E-state index < -0.39 is 0 Å². The molecular formula is C18H29N3O3. The highest BCUT2D eigenvalue weighted by molar-refractivity contribution is 5.75. The molecule has 134 valence electrons. The Bertz CT molecular complexity index is 531. The molecule has 1 atom stereocenters. The van der Waals surface area contributed by atoms with Gasteiger partial charge in [-0.3, -0.25) is 0 Å². The highest BCUT2D eigenvalue weighted by atomic mass is 16.5. The second-order valence-corrected chi connectivity index (χ2v) is 6.79. The van der Waals surface area contributed by atoms with Gasteiger partial charge in [-0.05, 0) is 31.9 Å². The quantitative estimate of drug-likeness (QED) is 0.811. The fourth-order valence-corrected chi connectivity index (χ4v) is 3.01. The van der Waals surface area contributed by atoms with Crippen LogP contribution >= 0.6 is 0 Å². The van der Waals surface area contributed by atoms with E-state index >= 15 is 0 Å². The molecule has 1 unspecified atom stereocenters. The summed E-state index contributed by atoms with van der Waals surface area (Å²) in [7, 11) is 1.59. The van der Waals surface area contributed by atoms with Crippen molar-refractivity contribution in [2.24, 2.45) is 0 Å². The number of pyridine rings is 1. The molecule has 1 aromatic rings. The molecule has 0 saturated carbocycles. The minimum atomic E-state index is -0.377. The van der Waals surface area contributed by atoms with Gasteiger partial charge in [0.1, 0.15) is 0 Å². The van der Waals surface area contributed by atoms with E-state index in [4.69, 9.17) is 9.47 Å². The minimum absolute atomic E-state index is 0.0415. The van der Waals surface area contributed by atoms with Crippen LogP contribution in [0, 0.1) is 0 Å². The number of morpholine rings is 1. The van der Waals surface area contributed by atoms with Crippen molar-refractivity contribution in [3.05, 3.63) is 23.9 Å². The lowest BCUT2D eigenvalue weighted by atomic mass is 9.96. The number of hydrogen-bond donors (Lipinski definition) is 1. The summed E-state index contributed by atoms with van der Waals surface area (Å²) in [5.74, 6) is 0.560. The predicted molar refractivity (Wildman–Crippen MR) is 93.2 cm³/mol. The van der Waals surface area contributed by atoms with E-state index in [0.717, 1.165) is 24.8 Å². The summed E-state index contributed by atoms with van der Waals surface area (Å²) >= 11 is 0. The van der Waals surface area contributed by atoms with Crippen molar-refractivity contribution in [2.45, 2.75) is 51.6 Å². The van der Waals surface area contributed by atoms with Gasteiger partial charge >= 0.3 is 6.03 Å². The van der Waals surface area contributed by atoms with Gasteiger partial charge in [-0.2, -0.15) is 0 Å². The molecule has 1 aliphatic rings. The molecule has 6 heteroatoms. The van der Waals surface area contributed by atoms with Crippen molar-refractivity contribution in [1.82, 2.24) is 15.2 Å². The number of methoxy groups -OCH3 is 1. The standard InChI is InChI=1S/C18H29N3O3/c1-5-6-7-10-19-17(22)21-15(12-24-13-18(21,2)3)14-8-9-16(23-4)20-11-14/h8-9,11,15H,5-7,10,12-13H2,1-4H3,(H,19,22). The molecule has 0 radical (unpaired) electrons. The Hall–Kier alpha value is -1.82. The third kappa shape index (κ3) is 4.38. The van der Waals surface area contributed by atoms with Crippen LogP contribution in [0.4, 0.5) is 4.79 Å². The molecule has 1 fully saturated rings. The van der Waals surface area contributed by atoms with Gasteiger partial charge in [0.05, 0.1) is 31.9 Å². The third-order valence-corrected chi connectivity index (χ3v) is 4.32. The molecule has 1 aliphatic heterocycles. The zero-order chi connectivity index (χ0) is 17.6. The first-order valence-electron chi connectivity index (χ1n) is 8.64. The van der Waals surface area contributed by atoms with Crippen molar-refractivity contribution in [3.8, 4) is 5.88 Å². The summed E-state index contributed by atoms with van der Waals surface area (Å²) in [6, 6.07) is 3.56. The normalized spacial score (nSPS) is 19.8. The Labute approximate surface area is 144 Å². The monoisotopic (exact) mass is 335 g/mol. The number of urea groups is 1. The molecule has 24 heavy (non-hydrogen) atoms. The molecule has 1 N–H and O–H groups in total. The van der Waals surface area contributed by atoms with E-state index in [9.17, 15) is 4.79 Å². The van der Waals surface area contributed by atoms with Crippen LogP contribution in [0.1, 0.15) is 51.6 Å². The van der Waals surface area contributed by atoms with Crippen molar-refractivity contribution in [1.29, 1.82) is 0 Å². The molecule has 1 saturated heterocycles. The van der Waals surface area contributed by atoms with Gasteiger partial charge < -0.3 is 19.7 Å². The van der Waals surface area contributed by atoms with Crippen LogP contribution in [0.3, 0.4) is 0 Å². The smallest absolute Gasteiger partial charge is 0.318 e. The highest BCUT2D eigenvalue weighted by Crippen LogP contribution is 2.33. The Balaban J connectivity index is 2.15. The first-order valence-corrected chi connectivity index (χ1v) is 8.64. The first kappa shape index (κ1) is 18.5. The summed E-state index contributed by atoms with van der Waals surface area (Å²) in [6.07, 6.45) is 5.02. The van der Waals surface area contributed by atoms with Gasteiger partial charge in [0.2, 0.25) is 5.88 Å². The third-order valence-electron chi connectivity index (χ3n) is 4.32. The van der Waals surface area contributed by atoms with Crippen LogP contribution in [0.25, 0.3) is 0 Å². The fourth-order valence-electron chi connectivity index (χ4n) is 3.01. The summed E-state index contributed by atoms with van der Waals surface area (Å²) in [5.41, 5.74) is 0.574. The molecular weight excluding hydrogens is 306 g/mol. The largest absolute Gasteiger partial charge is 0.481 e. The zero-order valence-electron chi connectivity index (χ0n) is 15.2. The average Bonchev–Trinajstić information content (AvgIpc) is 2.57. The van der Waals surface area contributed by atoms with E-state index in [0.29, 0.717) is 25.6 Å². The number of carbonyl (C=O) groups excluding carboxylic acids is 1. The lowest BCUT2D eigenvalue weighted by molar-refractivity contribution is -0.0657. The van der Waals surface area contributed by atoms with Crippen LogP contribution in [-0.2, 0) is 4.74 Å². The van der Waals surface area contributed by atoms with Gasteiger partial charge in [-0.1, -0.05) is 19.8 Å². The molecule has 6 nitrogen and oxygen atoms in total. The van der Waals surface area contributed by atoms with Crippen molar-refractivity contribution in [3.63, 3.8) is 0 Å². The molecule has 2 heterocycles.